The molecule has 76 valence electrons. The number of pyridine rings is 1. The van der Waals surface area contributed by atoms with Gasteiger partial charge in [-0.3, -0.25) is 9.82 Å². The first-order valence-corrected chi connectivity index (χ1v) is 5.63. The van der Waals surface area contributed by atoms with E-state index in [4.69, 9.17) is 4.84 Å². The maximum Gasteiger partial charge on any atom is 0.0709 e. The van der Waals surface area contributed by atoms with Crippen LogP contribution in [-0.4, -0.2) is 23.2 Å². The molecule has 0 radical (unpaired) electrons. The van der Waals surface area contributed by atoms with Crippen LogP contribution >= 0.6 is 15.9 Å². The van der Waals surface area contributed by atoms with Gasteiger partial charge in [-0.15, -0.1) is 0 Å². The quantitative estimate of drug-likeness (QED) is 0.813. The maximum atomic E-state index is 5.51. The van der Waals surface area contributed by atoms with Crippen LogP contribution in [0.15, 0.2) is 22.8 Å². The van der Waals surface area contributed by atoms with Crippen LogP contribution in [0.25, 0.3) is 0 Å². The monoisotopic (exact) mass is 256 g/mol. The molecule has 0 saturated carbocycles. The van der Waals surface area contributed by atoms with Gasteiger partial charge in [-0.1, -0.05) is 0 Å². The fourth-order valence-electron chi connectivity index (χ4n) is 1.47. The van der Waals surface area contributed by atoms with E-state index < -0.39 is 0 Å². The van der Waals surface area contributed by atoms with Crippen LogP contribution in [0.3, 0.4) is 0 Å². The Hall–Kier alpha value is -0.450. The van der Waals surface area contributed by atoms with Crippen molar-refractivity contribution in [3.05, 3.63) is 28.5 Å². The van der Waals surface area contributed by atoms with E-state index >= 15 is 0 Å². The molecule has 1 aromatic rings. The number of hydroxylamine groups is 2. The maximum absolute atomic E-state index is 5.51. The lowest BCUT2D eigenvalue weighted by atomic mass is 10.3. The highest BCUT2D eigenvalue weighted by atomic mass is 79.9. The van der Waals surface area contributed by atoms with Crippen molar-refractivity contribution in [2.45, 2.75) is 19.4 Å². The molecule has 1 fully saturated rings. The largest absolute Gasteiger partial charge is 0.299 e. The molecule has 1 aromatic heterocycles. The fraction of sp³-hybridized carbons (Fsp3) is 0.500. The van der Waals surface area contributed by atoms with Crippen molar-refractivity contribution in [3.63, 3.8) is 0 Å². The van der Waals surface area contributed by atoms with Crippen LogP contribution in [0.5, 0.6) is 0 Å². The normalized spacial score (nSPS) is 18.4. The van der Waals surface area contributed by atoms with Crippen molar-refractivity contribution in [3.8, 4) is 0 Å². The second kappa shape index (κ2) is 4.87. The summed E-state index contributed by atoms with van der Waals surface area (Å²) in [6.07, 6.45) is 4.19. The van der Waals surface area contributed by atoms with Crippen molar-refractivity contribution in [1.29, 1.82) is 0 Å². The van der Waals surface area contributed by atoms with E-state index in [9.17, 15) is 0 Å². The molecular weight excluding hydrogens is 244 g/mol. The Bertz CT molecular complexity index is 300. The van der Waals surface area contributed by atoms with Crippen LogP contribution in [0.4, 0.5) is 0 Å². The molecule has 2 rings (SSSR count). The van der Waals surface area contributed by atoms with Crippen molar-refractivity contribution >= 4 is 15.9 Å². The van der Waals surface area contributed by atoms with Crippen molar-refractivity contribution in [2.24, 2.45) is 0 Å². The Morgan fingerprint density at radius 2 is 2.43 bits per heavy atom. The number of nitrogens with zero attached hydrogens (tertiary/aromatic N) is 2. The minimum absolute atomic E-state index is 0.765. The second-order valence-electron chi connectivity index (χ2n) is 3.34. The Balaban J connectivity index is 1.99. The highest BCUT2D eigenvalue weighted by molar-refractivity contribution is 9.10. The number of rotatable bonds is 2. The number of aromatic nitrogens is 1. The van der Waals surface area contributed by atoms with E-state index in [-0.39, 0.29) is 0 Å². The Morgan fingerprint density at radius 1 is 1.50 bits per heavy atom. The van der Waals surface area contributed by atoms with Gasteiger partial charge in [0, 0.05) is 17.2 Å². The summed E-state index contributed by atoms with van der Waals surface area (Å²) in [4.78, 5) is 9.81. The molecule has 1 saturated heterocycles. The smallest absolute Gasteiger partial charge is 0.0709 e. The van der Waals surface area contributed by atoms with Crippen LogP contribution < -0.4 is 0 Å². The summed E-state index contributed by atoms with van der Waals surface area (Å²) in [5, 5.41) is 1.98. The van der Waals surface area contributed by atoms with Crippen molar-refractivity contribution < 1.29 is 4.84 Å². The van der Waals surface area contributed by atoms with Gasteiger partial charge in [-0.25, -0.2) is 0 Å². The standard InChI is InChI=1S/C10H13BrN2O/c11-9-4-3-5-12-10(9)8-13-6-1-2-7-14-13/h3-5H,1-2,6-8H2. The van der Waals surface area contributed by atoms with Gasteiger partial charge in [0.15, 0.2) is 0 Å². The minimum atomic E-state index is 0.765. The van der Waals surface area contributed by atoms with Crippen LogP contribution in [0.1, 0.15) is 18.5 Å². The first kappa shape index (κ1) is 10.1. The van der Waals surface area contributed by atoms with Gasteiger partial charge in [0.1, 0.15) is 0 Å². The number of hydrogen-bond donors (Lipinski definition) is 0. The van der Waals surface area contributed by atoms with E-state index in [1.807, 2.05) is 23.4 Å². The van der Waals surface area contributed by atoms with Gasteiger partial charge in [-0.05, 0) is 40.9 Å². The highest BCUT2D eigenvalue weighted by Crippen LogP contribution is 2.17. The predicted molar refractivity (Wildman–Crippen MR) is 57.5 cm³/mol. The third-order valence-corrected chi connectivity index (χ3v) is 2.96. The van der Waals surface area contributed by atoms with E-state index in [1.54, 1.807) is 0 Å². The molecular formula is C10H13BrN2O. The van der Waals surface area contributed by atoms with Crippen LogP contribution in [-0.2, 0) is 11.4 Å². The van der Waals surface area contributed by atoms with E-state index in [1.165, 1.54) is 12.8 Å². The molecule has 0 amide bonds. The summed E-state index contributed by atoms with van der Waals surface area (Å²) in [5.74, 6) is 0. The summed E-state index contributed by atoms with van der Waals surface area (Å²) in [7, 11) is 0. The molecule has 3 nitrogen and oxygen atoms in total. The molecule has 2 heterocycles. The third kappa shape index (κ3) is 2.53. The summed E-state index contributed by atoms with van der Waals surface area (Å²) in [5.41, 5.74) is 1.04. The average molecular weight is 257 g/mol. The molecule has 0 N–H and O–H groups in total. The highest BCUT2D eigenvalue weighted by Gasteiger charge is 2.12. The molecule has 0 atom stereocenters. The van der Waals surface area contributed by atoms with Gasteiger partial charge in [-0.2, -0.15) is 5.06 Å². The molecule has 0 unspecified atom stereocenters. The van der Waals surface area contributed by atoms with E-state index in [0.29, 0.717) is 0 Å². The summed E-state index contributed by atoms with van der Waals surface area (Å²) in [6, 6.07) is 3.93. The first-order valence-electron chi connectivity index (χ1n) is 4.83. The molecule has 0 aromatic carbocycles. The van der Waals surface area contributed by atoms with E-state index in [2.05, 4.69) is 20.9 Å². The average Bonchev–Trinajstić information content (AvgIpc) is 2.23. The summed E-state index contributed by atoms with van der Waals surface area (Å²) in [6.45, 7) is 2.61. The predicted octanol–water partition coefficient (Wildman–Crippen LogP) is 2.37. The lowest BCUT2D eigenvalue weighted by molar-refractivity contribution is -0.187. The zero-order valence-corrected chi connectivity index (χ0v) is 9.53. The van der Waals surface area contributed by atoms with Crippen LogP contribution in [0.2, 0.25) is 0 Å². The van der Waals surface area contributed by atoms with Gasteiger partial charge in [0.05, 0.1) is 18.8 Å². The van der Waals surface area contributed by atoms with Gasteiger partial charge in [0.2, 0.25) is 0 Å². The third-order valence-electron chi connectivity index (χ3n) is 2.24. The minimum Gasteiger partial charge on any atom is -0.299 e. The fourth-order valence-corrected chi connectivity index (χ4v) is 1.86. The molecule has 0 bridgehead atoms. The van der Waals surface area contributed by atoms with Crippen molar-refractivity contribution in [2.75, 3.05) is 13.2 Å². The molecule has 0 spiro atoms. The van der Waals surface area contributed by atoms with Crippen molar-refractivity contribution in [1.82, 2.24) is 10.0 Å². The topological polar surface area (TPSA) is 25.4 Å². The second-order valence-corrected chi connectivity index (χ2v) is 4.19. The number of hydrogen-bond acceptors (Lipinski definition) is 3. The first-order chi connectivity index (χ1) is 6.86. The zero-order valence-electron chi connectivity index (χ0n) is 7.95. The molecule has 4 heteroatoms. The molecule has 1 aliphatic rings. The lowest BCUT2D eigenvalue weighted by Crippen LogP contribution is -2.29. The lowest BCUT2D eigenvalue weighted by Gasteiger charge is -2.25. The number of halogens is 1. The Labute approximate surface area is 92.2 Å². The SMILES string of the molecule is Brc1cccnc1CN1CCCCO1. The van der Waals surface area contributed by atoms with Gasteiger partial charge < -0.3 is 0 Å². The zero-order chi connectivity index (χ0) is 9.80. The summed E-state index contributed by atoms with van der Waals surface area (Å²) >= 11 is 3.48. The van der Waals surface area contributed by atoms with Gasteiger partial charge >= 0.3 is 0 Å². The Morgan fingerprint density at radius 3 is 3.14 bits per heavy atom. The molecule has 0 aliphatic carbocycles. The molecule has 1 aliphatic heterocycles. The van der Waals surface area contributed by atoms with Crippen LogP contribution in [0, 0.1) is 0 Å². The Kier molecular flexibility index (Phi) is 3.50. The molecule has 14 heavy (non-hydrogen) atoms. The van der Waals surface area contributed by atoms with Gasteiger partial charge in [0.25, 0.3) is 0 Å². The summed E-state index contributed by atoms with van der Waals surface area (Å²) < 4.78 is 1.05. The van der Waals surface area contributed by atoms with E-state index in [0.717, 1.165) is 29.9 Å².